The van der Waals surface area contributed by atoms with Crippen LogP contribution >= 0.6 is 0 Å². The molecule has 0 aliphatic carbocycles. The number of carbonyl (C=O) groups is 1. The zero-order valence-electron chi connectivity index (χ0n) is 10.7. The van der Waals surface area contributed by atoms with Crippen LogP contribution in [0, 0.1) is 0 Å². The van der Waals surface area contributed by atoms with Gasteiger partial charge in [0.05, 0.1) is 0 Å². The maximum absolute atomic E-state index is 11.8. The van der Waals surface area contributed by atoms with Crippen molar-refractivity contribution in [2.45, 2.75) is 31.9 Å². The summed E-state index contributed by atoms with van der Waals surface area (Å²) in [6.45, 7) is 1.56. The van der Waals surface area contributed by atoms with E-state index in [0.29, 0.717) is 0 Å². The van der Waals surface area contributed by atoms with Crippen molar-refractivity contribution in [3.8, 4) is 5.75 Å². The molecule has 1 aromatic rings. The van der Waals surface area contributed by atoms with E-state index in [1.165, 1.54) is 0 Å². The highest BCUT2D eigenvalue weighted by atomic mass is 16.5. The second-order valence-electron chi connectivity index (χ2n) is 4.57. The molecule has 1 saturated heterocycles. The normalized spacial score (nSPS) is 20.1. The van der Waals surface area contributed by atoms with Gasteiger partial charge in [-0.3, -0.25) is 4.79 Å². The molecule has 1 fully saturated rings. The summed E-state index contributed by atoms with van der Waals surface area (Å²) in [6, 6.07) is 7.87. The first-order valence-electron chi connectivity index (χ1n) is 6.47. The highest BCUT2D eigenvalue weighted by molar-refractivity contribution is 5.81. The van der Waals surface area contributed by atoms with Gasteiger partial charge < -0.3 is 15.4 Å². The lowest BCUT2D eigenvalue weighted by Gasteiger charge is -2.16. The molecular formula is C14H20N2O2. The Morgan fingerprint density at radius 3 is 3.17 bits per heavy atom. The van der Waals surface area contributed by atoms with Crippen molar-refractivity contribution < 1.29 is 9.53 Å². The maximum atomic E-state index is 11.8. The fourth-order valence-corrected chi connectivity index (χ4v) is 2.12. The fourth-order valence-electron chi connectivity index (χ4n) is 2.12. The molecule has 2 rings (SSSR count). The van der Waals surface area contributed by atoms with Gasteiger partial charge in [-0.1, -0.05) is 12.1 Å². The summed E-state index contributed by atoms with van der Waals surface area (Å²) in [5.41, 5.74) is 1.16. The summed E-state index contributed by atoms with van der Waals surface area (Å²) in [6.07, 6.45) is 2.50. The number of amides is 1. The molecule has 1 unspecified atom stereocenters. The van der Waals surface area contributed by atoms with Crippen molar-refractivity contribution in [1.82, 2.24) is 10.6 Å². The van der Waals surface area contributed by atoms with Crippen LogP contribution in [-0.2, 0) is 11.3 Å². The fraction of sp³-hybridized carbons (Fsp3) is 0.500. The van der Waals surface area contributed by atoms with Crippen molar-refractivity contribution in [2.75, 3.05) is 13.6 Å². The summed E-state index contributed by atoms with van der Waals surface area (Å²) < 4.78 is 5.79. The maximum Gasteiger partial charge on any atom is 0.261 e. The lowest BCUT2D eigenvalue weighted by molar-refractivity contribution is -0.127. The largest absolute Gasteiger partial charge is 0.481 e. The van der Waals surface area contributed by atoms with E-state index in [-0.39, 0.29) is 12.0 Å². The molecule has 0 bridgehead atoms. The zero-order chi connectivity index (χ0) is 12.8. The lowest BCUT2D eigenvalue weighted by atomic mass is 10.1. The highest BCUT2D eigenvalue weighted by Gasteiger charge is 2.22. The van der Waals surface area contributed by atoms with E-state index in [1.807, 2.05) is 31.3 Å². The van der Waals surface area contributed by atoms with Gasteiger partial charge in [0.2, 0.25) is 0 Å². The first kappa shape index (κ1) is 12.9. The summed E-state index contributed by atoms with van der Waals surface area (Å²) in [7, 11) is 1.91. The SMILES string of the molecule is CNCc1cccc(OC2CCCCNC2=O)c1. The molecule has 0 saturated carbocycles. The van der Waals surface area contributed by atoms with Crippen LogP contribution in [0.15, 0.2) is 24.3 Å². The minimum absolute atomic E-state index is 0.00604. The van der Waals surface area contributed by atoms with Crippen LogP contribution in [0.25, 0.3) is 0 Å². The highest BCUT2D eigenvalue weighted by Crippen LogP contribution is 2.18. The van der Waals surface area contributed by atoms with Crippen molar-refractivity contribution in [3.05, 3.63) is 29.8 Å². The molecule has 1 aromatic carbocycles. The van der Waals surface area contributed by atoms with E-state index < -0.39 is 0 Å². The average molecular weight is 248 g/mol. The van der Waals surface area contributed by atoms with E-state index in [0.717, 1.165) is 43.7 Å². The Morgan fingerprint density at radius 2 is 2.33 bits per heavy atom. The molecular weight excluding hydrogens is 228 g/mol. The molecule has 1 atom stereocenters. The van der Waals surface area contributed by atoms with Gasteiger partial charge in [-0.2, -0.15) is 0 Å². The van der Waals surface area contributed by atoms with Gasteiger partial charge in [-0.15, -0.1) is 0 Å². The molecule has 1 aliphatic heterocycles. The Kier molecular flexibility index (Phi) is 4.59. The predicted octanol–water partition coefficient (Wildman–Crippen LogP) is 1.45. The Labute approximate surface area is 108 Å². The first-order chi connectivity index (χ1) is 8.79. The Bertz CT molecular complexity index is 407. The van der Waals surface area contributed by atoms with Crippen LogP contribution in [0.1, 0.15) is 24.8 Å². The van der Waals surface area contributed by atoms with E-state index >= 15 is 0 Å². The number of benzene rings is 1. The number of rotatable bonds is 4. The molecule has 1 amide bonds. The lowest BCUT2D eigenvalue weighted by Crippen LogP contribution is -2.36. The minimum atomic E-state index is -0.350. The molecule has 4 heteroatoms. The number of nitrogens with one attached hydrogen (secondary N) is 2. The third kappa shape index (κ3) is 3.47. The Balaban J connectivity index is 2.02. The van der Waals surface area contributed by atoms with Crippen molar-refractivity contribution in [1.29, 1.82) is 0 Å². The van der Waals surface area contributed by atoms with Gasteiger partial charge in [-0.25, -0.2) is 0 Å². The number of hydrogen-bond acceptors (Lipinski definition) is 3. The van der Waals surface area contributed by atoms with Gasteiger partial charge in [0, 0.05) is 13.1 Å². The van der Waals surface area contributed by atoms with E-state index in [1.54, 1.807) is 0 Å². The van der Waals surface area contributed by atoms with Crippen LogP contribution in [0.4, 0.5) is 0 Å². The summed E-state index contributed by atoms with van der Waals surface area (Å²) in [4.78, 5) is 11.8. The molecule has 0 radical (unpaired) electrons. The molecule has 1 heterocycles. The van der Waals surface area contributed by atoms with Crippen LogP contribution < -0.4 is 15.4 Å². The second kappa shape index (κ2) is 6.40. The molecule has 98 valence electrons. The van der Waals surface area contributed by atoms with Gasteiger partial charge >= 0.3 is 0 Å². The quantitative estimate of drug-likeness (QED) is 0.848. The summed E-state index contributed by atoms with van der Waals surface area (Å²) >= 11 is 0. The van der Waals surface area contributed by atoms with E-state index in [9.17, 15) is 4.79 Å². The third-order valence-electron chi connectivity index (χ3n) is 3.04. The zero-order valence-corrected chi connectivity index (χ0v) is 10.7. The average Bonchev–Trinajstić information content (AvgIpc) is 2.56. The Hall–Kier alpha value is -1.55. The second-order valence-corrected chi connectivity index (χ2v) is 4.57. The molecule has 18 heavy (non-hydrogen) atoms. The van der Waals surface area contributed by atoms with Crippen LogP contribution in [0.5, 0.6) is 5.75 Å². The molecule has 2 N–H and O–H groups in total. The minimum Gasteiger partial charge on any atom is -0.481 e. The standard InChI is InChI=1S/C14H20N2O2/c1-15-10-11-5-4-6-12(9-11)18-13-7-2-3-8-16-14(13)17/h4-6,9,13,15H,2-3,7-8,10H2,1H3,(H,16,17). The first-order valence-corrected chi connectivity index (χ1v) is 6.47. The van der Waals surface area contributed by atoms with Gasteiger partial charge in [0.25, 0.3) is 5.91 Å². The summed E-state index contributed by atoms with van der Waals surface area (Å²) in [5.74, 6) is 0.774. The van der Waals surface area contributed by atoms with Gasteiger partial charge in [-0.05, 0) is 44.0 Å². The monoisotopic (exact) mass is 248 g/mol. The molecule has 0 aromatic heterocycles. The topological polar surface area (TPSA) is 50.4 Å². The third-order valence-corrected chi connectivity index (χ3v) is 3.04. The number of carbonyl (C=O) groups excluding carboxylic acids is 1. The van der Waals surface area contributed by atoms with Crippen LogP contribution in [-0.4, -0.2) is 25.6 Å². The molecule has 0 spiro atoms. The smallest absolute Gasteiger partial charge is 0.261 e. The van der Waals surface area contributed by atoms with Gasteiger partial charge in [0.1, 0.15) is 5.75 Å². The van der Waals surface area contributed by atoms with Crippen molar-refractivity contribution in [2.24, 2.45) is 0 Å². The molecule has 4 nitrogen and oxygen atoms in total. The number of hydrogen-bond donors (Lipinski definition) is 2. The Morgan fingerprint density at radius 1 is 1.44 bits per heavy atom. The van der Waals surface area contributed by atoms with Crippen molar-refractivity contribution in [3.63, 3.8) is 0 Å². The predicted molar refractivity (Wildman–Crippen MR) is 70.5 cm³/mol. The van der Waals surface area contributed by atoms with Crippen molar-refractivity contribution >= 4 is 5.91 Å². The van der Waals surface area contributed by atoms with Crippen LogP contribution in [0.3, 0.4) is 0 Å². The van der Waals surface area contributed by atoms with E-state index in [4.69, 9.17) is 4.74 Å². The van der Waals surface area contributed by atoms with E-state index in [2.05, 4.69) is 10.6 Å². The number of ether oxygens (including phenoxy) is 1. The molecule has 1 aliphatic rings. The van der Waals surface area contributed by atoms with Gasteiger partial charge in [0.15, 0.2) is 6.10 Å². The summed E-state index contributed by atoms with van der Waals surface area (Å²) in [5, 5.41) is 5.98. The van der Waals surface area contributed by atoms with Crippen LogP contribution in [0.2, 0.25) is 0 Å².